The molecule has 0 aromatic rings. The normalized spacial score (nSPS) is 14.6. The summed E-state index contributed by atoms with van der Waals surface area (Å²) in [5.41, 5.74) is -0.326. The van der Waals surface area contributed by atoms with Crippen molar-refractivity contribution in [3.8, 4) is 0 Å². The van der Waals surface area contributed by atoms with E-state index in [1.807, 2.05) is 27.7 Å². The first-order chi connectivity index (χ1) is 4.95. The van der Waals surface area contributed by atoms with Gasteiger partial charge in [-0.1, -0.05) is 13.8 Å². The summed E-state index contributed by atoms with van der Waals surface area (Å²) in [5, 5.41) is 0. The Morgan fingerprint density at radius 3 is 2.27 bits per heavy atom. The van der Waals surface area contributed by atoms with Gasteiger partial charge in [-0.05, 0) is 13.8 Å². The van der Waals surface area contributed by atoms with E-state index < -0.39 is 0 Å². The van der Waals surface area contributed by atoms with Crippen LogP contribution in [-0.4, -0.2) is 18.5 Å². The van der Waals surface area contributed by atoms with Gasteiger partial charge < -0.3 is 4.74 Å². The summed E-state index contributed by atoms with van der Waals surface area (Å²) < 4.78 is 5.20. The monoisotopic (exact) mass is 158 g/mol. The van der Waals surface area contributed by atoms with Crippen LogP contribution in [0.5, 0.6) is 0 Å². The van der Waals surface area contributed by atoms with Crippen LogP contribution < -0.4 is 0 Å². The van der Waals surface area contributed by atoms with E-state index in [4.69, 9.17) is 4.74 Å². The number of rotatable bonds is 4. The number of hydrogen-bond donors (Lipinski definition) is 0. The fraction of sp³-hybridized carbons (Fsp3) is 0.889. The average molecular weight is 158 g/mol. The van der Waals surface area contributed by atoms with Gasteiger partial charge in [-0.3, -0.25) is 4.79 Å². The lowest BCUT2D eigenvalue weighted by molar-refractivity contribution is -0.131. The largest absolute Gasteiger partial charge is 0.378 e. The van der Waals surface area contributed by atoms with Crippen LogP contribution in [0.3, 0.4) is 0 Å². The van der Waals surface area contributed by atoms with Crippen molar-refractivity contribution >= 4 is 5.78 Å². The third-order valence-electron chi connectivity index (χ3n) is 2.40. The molecule has 0 saturated carbocycles. The van der Waals surface area contributed by atoms with E-state index in [1.54, 1.807) is 7.11 Å². The third-order valence-corrected chi connectivity index (χ3v) is 2.40. The lowest BCUT2D eigenvalue weighted by Gasteiger charge is -2.28. The van der Waals surface area contributed by atoms with Gasteiger partial charge in [0.1, 0.15) is 5.78 Å². The Morgan fingerprint density at radius 1 is 1.55 bits per heavy atom. The van der Waals surface area contributed by atoms with Crippen molar-refractivity contribution in [2.75, 3.05) is 7.11 Å². The third kappa shape index (κ3) is 2.62. The molecule has 0 heterocycles. The van der Waals surface area contributed by atoms with E-state index in [0.717, 1.165) is 0 Å². The van der Waals surface area contributed by atoms with Gasteiger partial charge in [0.25, 0.3) is 0 Å². The van der Waals surface area contributed by atoms with Crippen molar-refractivity contribution in [2.24, 2.45) is 5.92 Å². The molecule has 0 radical (unpaired) electrons. The summed E-state index contributed by atoms with van der Waals surface area (Å²) in [4.78, 5) is 11.2. The molecule has 0 aromatic heterocycles. The van der Waals surface area contributed by atoms with Crippen LogP contribution in [0.4, 0.5) is 0 Å². The molecule has 0 amide bonds. The van der Waals surface area contributed by atoms with Crippen LogP contribution >= 0.6 is 0 Å². The molecule has 0 aliphatic heterocycles. The summed E-state index contributed by atoms with van der Waals surface area (Å²) in [5.74, 6) is 0.245. The molecular weight excluding hydrogens is 140 g/mol. The molecule has 0 N–H and O–H groups in total. The van der Waals surface area contributed by atoms with Crippen LogP contribution in [0.2, 0.25) is 0 Å². The molecule has 0 aromatic carbocycles. The van der Waals surface area contributed by atoms with E-state index >= 15 is 0 Å². The van der Waals surface area contributed by atoms with Crippen LogP contribution in [0, 0.1) is 5.92 Å². The SMILES string of the molecule is CCC(=O)C(C)C(C)(C)OC. The Hall–Kier alpha value is -0.370. The van der Waals surface area contributed by atoms with Crippen LogP contribution in [0.15, 0.2) is 0 Å². The Labute approximate surface area is 68.9 Å². The summed E-state index contributed by atoms with van der Waals surface area (Å²) in [6.45, 7) is 7.66. The summed E-state index contributed by atoms with van der Waals surface area (Å²) >= 11 is 0. The first-order valence-electron chi connectivity index (χ1n) is 4.03. The molecule has 0 rings (SSSR count). The van der Waals surface area contributed by atoms with Crippen molar-refractivity contribution < 1.29 is 9.53 Å². The minimum absolute atomic E-state index is 0.0162. The van der Waals surface area contributed by atoms with Crippen molar-refractivity contribution in [2.45, 2.75) is 39.7 Å². The highest BCUT2D eigenvalue weighted by atomic mass is 16.5. The minimum atomic E-state index is -0.326. The minimum Gasteiger partial charge on any atom is -0.378 e. The standard InChI is InChI=1S/C9H18O2/c1-6-8(10)7(2)9(3,4)11-5/h7H,6H2,1-5H3. The number of methoxy groups -OCH3 is 1. The first-order valence-corrected chi connectivity index (χ1v) is 4.03. The zero-order valence-electron chi connectivity index (χ0n) is 8.10. The smallest absolute Gasteiger partial charge is 0.138 e. The van der Waals surface area contributed by atoms with E-state index in [1.165, 1.54) is 0 Å². The quantitative estimate of drug-likeness (QED) is 0.625. The molecule has 1 atom stereocenters. The molecule has 0 aliphatic rings. The molecule has 0 fully saturated rings. The molecule has 66 valence electrons. The van der Waals surface area contributed by atoms with E-state index in [2.05, 4.69) is 0 Å². The van der Waals surface area contributed by atoms with E-state index in [0.29, 0.717) is 6.42 Å². The number of hydrogen-bond acceptors (Lipinski definition) is 2. The molecule has 0 aliphatic carbocycles. The Kier molecular flexibility index (Phi) is 3.73. The zero-order valence-corrected chi connectivity index (χ0v) is 8.10. The molecule has 2 nitrogen and oxygen atoms in total. The molecular formula is C9H18O2. The van der Waals surface area contributed by atoms with Gasteiger partial charge in [-0.2, -0.15) is 0 Å². The second-order valence-electron chi connectivity index (χ2n) is 3.35. The van der Waals surface area contributed by atoms with Crippen LogP contribution in [0.25, 0.3) is 0 Å². The van der Waals surface area contributed by atoms with Crippen molar-refractivity contribution in [1.82, 2.24) is 0 Å². The predicted octanol–water partition coefficient (Wildman–Crippen LogP) is 2.03. The maximum atomic E-state index is 11.2. The van der Waals surface area contributed by atoms with Gasteiger partial charge >= 0.3 is 0 Å². The average Bonchev–Trinajstić information content (AvgIpc) is 2.01. The maximum absolute atomic E-state index is 11.2. The van der Waals surface area contributed by atoms with Crippen LogP contribution in [0.1, 0.15) is 34.1 Å². The van der Waals surface area contributed by atoms with Gasteiger partial charge in [-0.15, -0.1) is 0 Å². The van der Waals surface area contributed by atoms with E-state index in [-0.39, 0.29) is 17.3 Å². The highest BCUT2D eigenvalue weighted by Crippen LogP contribution is 2.21. The molecule has 11 heavy (non-hydrogen) atoms. The number of ketones is 1. The van der Waals surface area contributed by atoms with Crippen molar-refractivity contribution in [3.63, 3.8) is 0 Å². The number of Topliss-reactive ketones (excluding diaryl/α,β-unsaturated/α-hetero) is 1. The van der Waals surface area contributed by atoms with Crippen LogP contribution in [-0.2, 0) is 9.53 Å². The molecule has 0 spiro atoms. The van der Waals surface area contributed by atoms with Crippen molar-refractivity contribution in [1.29, 1.82) is 0 Å². The Morgan fingerprint density at radius 2 is 2.00 bits per heavy atom. The summed E-state index contributed by atoms with van der Waals surface area (Å²) in [6, 6.07) is 0. The van der Waals surface area contributed by atoms with E-state index in [9.17, 15) is 4.79 Å². The Bertz CT molecular complexity index is 138. The number of carbonyl (C=O) groups is 1. The molecule has 0 saturated heterocycles. The first kappa shape index (κ1) is 10.6. The van der Waals surface area contributed by atoms with Gasteiger partial charge in [-0.25, -0.2) is 0 Å². The lowest BCUT2D eigenvalue weighted by Crippen LogP contribution is -2.36. The van der Waals surface area contributed by atoms with Gasteiger partial charge in [0, 0.05) is 19.4 Å². The van der Waals surface area contributed by atoms with Crippen molar-refractivity contribution in [3.05, 3.63) is 0 Å². The maximum Gasteiger partial charge on any atom is 0.138 e. The second-order valence-corrected chi connectivity index (χ2v) is 3.35. The highest BCUT2D eigenvalue weighted by Gasteiger charge is 2.29. The molecule has 1 unspecified atom stereocenters. The number of carbonyl (C=O) groups excluding carboxylic acids is 1. The number of ether oxygens (including phenoxy) is 1. The highest BCUT2D eigenvalue weighted by molar-refractivity contribution is 5.81. The fourth-order valence-electron chi connectivity index (χ4n) is 0.871. The zero-order chi connectivity index (χ0) is 9.07. The predicted molar refractivity (Wildman–Crippen MR) is 45.6 cm³/mol. The molecule has 2 heteroatoms. The summed E-state index contributed by atoms with van der Waals surface area (Å²) in [7, 11) is 1.64. The van der Waals surface area contributed by atoms with Gasteiger partial charge in [0.05, 0.1) is 5.60 Å². The summed E-state index contributed by atoms with van der Waals surface area (Å²) in [6.07, 6.45) is 0.591. The topological polar surface area (TPSA) is 26.3 Å². The fourth-order valence-corrected chi connectivity index (χ4v) is 0.871. The Balaban J connectivity index is 4.22. The lowest BCUT2D eigenvalue weighted by atomic mass is 9.88. The second kappa shape index (κ2) is 3.86. The molecule has 0 bridgehead atoms. The van der Waals surface area contributed by atoms with Gasteiger partial charge in [0.2, 0.25) is 0 Å². The van der Waals surface area contributed by atoms with Gasteiger partial charge in [0.15, 0.2) is 0 Å².